The lowest BCUT2D eigenvalue weighted by molar-refractivity contribution is 0.0663. The largest absolute Gasteiger partial charge is 0.476 e. The average Bonchev–Trinajstić information content (AvgIpc) is 2.86. The van der Waals surface area contributed by atoms with Gasteiger partial charge in [-0.1, -0.05) is 0 Å². The van der Waals surface area contributed by atoms with E-state index >= 15 is 0 Å². The summed E-state index contributed by atoms with van der Waals surface area (Å²) in [6.07, 6.45) is 4.94. The molecule has 0 amide bonds. The second-order valence-corrected chi connectivity index (χ2v) is 3.26. The van der Waals surface area contributed by atoms with Crippen LogP contribution in [0.1, 0.15) is 22.9 Å². The molecule has 0 aliphatic rings. The first kappa shape index (κ1) is 11.2. The lowest BCUT2D eigenvalue weighted by atomic mass is 10.5. The second kappa shape index (κ2) is 4.32. The summed E-state index contributed by atoms with van der Waals surface area (Å²) in [5.41, 5.74) is -0.139. The van der Waals surface area contributed by atoms with Gasteiger partial charge < -0.3 is 9.67 Å². The lowest BCUT2D eigenvalue weighted by Crippen LogP contribution is -2.08. The quantitative estimate of drug-likeness (QED) is 0.874. The number of alkyl halides is 2. The molecule has 2 rings (SSSR count). The lowest BCUT2D eigenvalue weighted by Gasteiger charge is -2.06. The van der Waals surface area contributed by atoms with E-state index in [1.807, 2.05) is 0 Å². The maximum atomic E-state index is 12.5. The molecule has 0 fully saturated rings. The van der Waals surface area contributed by atoms with Crippen molar-refractivity contribution in [2.75, 3.05) is 0 Å². The zero-order valence-corrected chi connectivity index (χ0v) is 8.49. The maximum Gasteiger partial charge on any atom is 0.356 e. The molecule has 0 atom stereocenters. The van der Waals surface area contributed by atoms with Gasteiger partial charge >= 0.3 is 12.5 Å². The number of carboxylic acids is 1. The zero-order chi connectivity index (χ0) is 12.4. The van der Waals surface area contributed by atoms with Crippen LogP contribution in [0.15, 0.2) is 24.9 Å². The minimum Gasteiger partial charge on any atom is -0.476 e. The normalized spacial score (nSPS) is 11.0. The van der Waals surface area contributed by atoms with E-state index in [1.54, 1.807) is 0 Å². The Morgan fingerprint density at radius 1 is 1.47 bits per heavy atom. The fourth-order valence-electron chi connectivity index (χ4n) is 1.36. The summed E-state index contributed by atoms with van der Waals surface area (Å²) < 4.78 is 27.1. The van der Waals surface area contributed by atoms with Crippen molar-refractivity contribution in [2.24, 2.45) is 0 Å². The molecule has 0 aromatic carbocycles. The molecule has 90 valence electrons. The van der Waals surface area contributed by atoms with Gasteiger partial charge in [0.2, 0.25) is 0 Å². The Labute approximate surface area is 94.1 Å². The minimum absolute atomic E-state index is 0.0393. The number of aromatic nitrogens is 4. The van der Waals surface area contributed by atoms with Gasteiger partial charge in [-0.25, -0.2) is 14.8 Å². The van der Waals surface area contributed by atoms with Gasteiger partial charge in [-0.2, -0.15) is 8.78 Å². The molecule has 0 saturated heterocycles. The Morgan fingerprint density at radius 2 is 2.24 bits per heavy atom. The molecule has 1 N–H and O–H groups in total. The fraction of sp³-hybridized carbons (Fsp3) is 0.222. The van der Waals surface area contributed by atoms with E-state index in [4.69, 9.17) is 5.11 Å². The van der Waals surface area contributed by atoms with Gasteiger partial charge in [-0.3, -0.25) is 4.57 Å². The number of hydrogen-bond acceptors (Lipinski definition) is 3. The van der Waals surface area contributed by atoms with E-state index in [1.165, 1.54) is 23.3 Å². The number of hydrogen-bond donors (Lipinski definition) is 1. The molecular weight excluding hydrogens is 234 g/mol. The van der Waals surface area contributed by atoms with Crippen molar-refractivity contribution in [3.05, 3.63) is 36.4 Å². The first-order chi connectivity index (χ1) is 8.08. The molecule has 0 radical (unpaired) electrons. The van der Waals surface area contributed by atoms with Gasteiger partial charge in [0.1, 0.15) is 5.82 Å². The van der Waals surface area contributed by atoms with Crippen LogP contribution in [0.3, 0.4) is 0 Å². The van der Waals surface area contributed by atoms with Crippen LogP contribution >= 0.6 is 0 Å². The van der Waals surface area contributed by atoms with Gasteiger partial charge in [-0.15, -0.1) is 0 Å². The Bertz CT molecular complexity index is 535. The van der Waals surface area contributed by atoms with Gasteiger partial charge in [0, 0.05) is 18.6 Å². The number of rotatable bonds is 4. The van der Waals surface area contributed by atoms with E-state index in [9.17, 15) is 13.6 Å². The Balaban J connectivity index is 2.19. The Hall–Kier alpha value is -2.25. The van der Waals surface area contributed by atoms with Gasteiger partial charge in [0.05, 0.1) is 12.9 Å². The summed E-state index contributed by atoms with van der Waals surface area (Å²) in [6, 6.07) is 0. The van der Waals surface area contributed by atoms with Crippen LogP contribution in [0.4, 0.5) is 8.78 Å². The number of carbonyl (C=O) groups is 1. The van der Waals surface area contributed by atoms with Gasteiger partial charge in [0.25, 0.3) is 0 Å². The summed E-state index contributed by atoms with van der Waals surface area (Å²) in [5.74, 6) is -1.03. The highest BCUT2D eigenvalue weighted by Gasteiger charge is 2.13. The molecule has 0 spiro atoms. The first-order valence-corrected chi connectivity index (χ1v) is 4.63. The zero-order valence-electron chi connectivity index (χ0n) is 8.49. The van der Waals surface area contributed by atoms with Crippen molar-refractivity contribution in [1.29, 1.82) is 0 Å². The van der Waals surface area contributed by atoms with Crippen molar-refractivity contribution >= 4 is 5.97 Å². The highest BCUT2D eigenvalue weighted by Crippen LogP contribution is 2.13. The van der Waals surface area contributed by atoms with Gasteiger partial charge in [0.15, 0.2) is 5.69 Å². The Kier molecular flexibility index (Phi) is 2.86. The second-order valence-electron chi connectivity index (χ2n) is 3.26. The first-order valence-electron chi connectivity index (χ1n) is 4.63. The molecule has 17 heavy (non-hydrogen) atoms. The molecule has 8 heteroatoms. The van der Waals surface area contributed by atoms with Crippen LogP contribution in [-0.2, 0) is 6.54 Å². The standard InChI is InChI=1S/C9H8F2N4O2/c10-9(11)15-2-1-12-7(15)4-14-3-6(8(16)17)13-5-14/h1-3,5,9H,4H2,(H,16,17). The van der Waals surface area contributed by atoms with Crippen molar-refractivity contribution in [1.82, 2.24) is 19.1 Å². The van der Waals surface area contributed by atoms with Crippen LogP contribution < -0.4 is 0 Å². The minimum atomic E-state index is -2.67. The van der Waals surface area contributed by atoms with E-state index in [0.29, 0.717) is 4.57 Å². The number of halogens is 2. The third kappa shape index (κ3) is 2.30. The molecule has 6 nitrogen and oxygen atoms in total. The molecule has 0 aliphatic heterocycles. The van der Waals surface area contributed by atoms with E-state index in [0.717, 1.165) is 6.20 Å². The predicted octanol–water partition coefficient (Wildman–Crippen LogP) is 1.22. The molecule has 0 unspecified atom stereocenters. The molecule has 0 aliphatic carbocycles. The molecule has 2 aromatic heterocycles. The van der Waals surface area contributed by atoms with Crippen molar-refractivity contribution in [3.63, 3.8) is 0 Å². The average molecular weight is 242 g/mol. The third-order valence-electron chi connectivity index (χ3n) is 2.14. The predicted molar refractivity (Wildman–Crippen MR) is 51.8 cm³/mol. The molecule has 0 bridgehead atoms. The summed E-state index contributed by atoms with van der Waals surface area (Å²) in [5, 5.41) is 8.65. The number of nitrogens with zero attached hydrogens (tertiary/aromatic N) is 4. The van der Waals surface area contributed by atoms with Crippen LogP contribution in [0.5, 0.6) is 0 Å². The molecule has 0 saturated carbocycles. The van der Waals surface area contributed by atoms with Crippen molar-refractivity contribution < 1.29 is 18.7 Å². The topological polar surface area (TPSA) is 72.9 Å². The van der Waals surface area contributed by atoms with Crippen LogP contribution in [0.2, 0.25) is 0 Å². The summed E-state index contributed by atoms with van der Waals surface area (Å²) in [6.45, 7) is -2.63. The van der Waals surface area contributed by atoms with Gasteiger partial charge in [-0.05, 0) is 0 Å². The third-order valence-corrected chi connectivity index (χ3v) is 2.14. The highest BCUT2D eigenvalue weighted by molar-refractivity contribution is 5.84. The number of imidazole rings is 2. The maximum absolute atomic E-state index is 12.5. The fourth-order valence-corrected chi connectivity index (χ4v) is 1.36. The summed E-state index contributed by atoms with van der Waals surface area (Å²) in [7, 11) is 0. The molecule has 2 heterocycles. The monoisotopic (exact) mass is 242 g/mol. The van der Waals surface area contributed by atoms with Crippen LogP contribution in [0, 0.1) is 0 Å². The van der Waals surface area contributed by atoms with Crippen molar-refractivity contribution in [2.45, 2.75) is 13.1 Å². The smallest absolute Gasteiger partial charge is 0.356 e. The van der Waals surface area contributed by atoms with E-state index in [-0.39, 0.29) is 18.1 Å². The van der Waals surface area contributed by atoms with Crippen LogP contribution in [-0.4, -0.2) is 30.2 Å². The van der Waals surface area contributed by atoms with E-state index in [2.05, 4.69) is 9.97 Å². The molecule has 2 aromatic rings. The number of carboxylic acid groups (broad SMARTS) is 1. The number of aromatic carboxylic acids is 1. The van der Waals surface area contributed by atoms with Crippen LogP contribution in [0.25, 0.3) is 0 Å². The van der Waals surface area contributed by atoms with E-state index < -0.39 is 12.5 Å². The summed E-state index contributed by atoms with van der Waals surface area (Å²) in [4.78, 5) is 18.0. The summed E-state index contributed by atoms with van der Waals surface area (Å²) >= 11 is 0. The SMILES string of the molecule is O=C(O)c1cn(Cc2nccn2C(F)F)cn1. The molecular formula is C9H8F2N4O2. The Morgan fingerprint density at radius 3 is 2.82 bits per heavy atom. The highest BCUT2D eigenvalue weighted by atomic mass is 19.3. The van der Waals surface area contributed by atoms with Crippen molar-refractivity contribution in [3.8, 4) is 0 Å².